The lowest BCUT2D eigenvalue weighted by Crippen LogP contribution is -2.52. The molecule has 1 fully saturated rings. The van der Waals surface area contributed by atoms with Crippen LogP contribution in [0.4, 0.5) is 5.69 Å². The Kier molecular flexibility index (Phi) is 9.30. The molecule has 7 nitrogen and oxygen atoms in total. The number of carbonyl (C=O) groups excluding carboxylic acids is 2. The maximum Gasteiger partial charge on any atom is 0.264 e. The minimum Gasteiger partial charge on any atom is -0.352 e. The predicted octanol–water partition coefficient (Wildman–Crippen LogP) is 5.28. The van der Waals surface area contributed by atoms with Crippen molar-refractivity contribution in [2.24, 2.45) is 0 Å². The topological polar surface area (TPSA) is 86.8 Å². The van der Waals surface area contributed by atoms with E-state index in [1.807, 2.05) is 57.2 Å². The number of nitrogens with zero attached hydrogens (tertiary/aromatic N) is 2. The Hall–Kier alpha value is -3.65. The normalized spacial score (nSPS) is 14.5. The van der Waals surface area contributed by atoms with Crippen molar-refractivity contribution in [1.82, 2.24) is 10.2 Å². The molecule has 1 N–H and O–H groups in total. The van der Waals surface area contributed by atoms with Crippen molar-refractivity contribution < 1.29 is 18.0 Å². The molecule has 1 atom stereocenters. The summed E-state index contributed by atoms with van der Waals surface area (Å²) < 4.78 is 29.0. The van der Waals surface area contributed by atoms with E-state index in [0.717, 1.165) is 52.2 Å². The van der Waals surface area contributed by atoms with Gasteiger partial charge in [0, 0.05) is 12.6 Å². The van der Waals surface area contributed by atoms with E-state index in [9.17, 15) is 18.0 Å². The molecule has 2 amide bonds. The van der Waals surface area contributed by atoms with E-state index in [0.29, 0.717) is 5.69 Å². The Morgan fingerprint density at radius 3 is 2.05 bits per heavy atom. The highest BCUT2D eigenvalue weighted by Crippen LogP contribution is 2.26. The highest BCUT2D eigenvalue weighted by molar-refractivity contribution is 7.92. The van der Waals surface area contributed by atoms with E-state index in [1.165, 1.54) is 4.90 Å². The smallest absolute Gasteiger partial charge is 0.264 e. The third-order valence-electron chi connectivity index (χ3n) is 7.68. The van der Waals surface area contributed by atoms with Crippen LogP contribution in [0.5, 0.6) is 0 Å². The van der Waals surface area contributed by atoms with Gasteiger partial charge in [-0.15, -0.1) is 0 Å². The fourth-order valence-electron chi connectivity index (χ4n) is 5.02. The molecule has 0 spiro atoms. The van der Waals surface area contributed by atoms with Crippen LogP contribution in [0.1, 0.15) is 54.9 Å². The number of benzene rings is 3. The molecule has 4 rings (SSSR count). The summed E-state index contributed by atoms with van der Waals surface area (Å²) in [4.78, 5) is 29.0. The Labute approximate surface area is 238 Å². The van der Waals surface area contributed by atoms with Gasteiger partial charge in [0.25, 0.3) is 10.0 Å². The lowest BCUT2D eigenvalue weighted by atomic mass is 10.1. The van der Waals surface area contributed by atoms with Crippen molar-refractivity contribution in [3.05, 3.63) is 95.1 Å². The third-order valence-corrected chi connectivity index (χ3v) is 9.47. The number of amides is 2. The summed E-state index contributed by atoms with van der Waals surface area (Å²) in [6.45, 7) is 7.23. The van der Waals surface area contributed by atoms with Crippen molar-refractivity contribution in [3.8, 4) is 0 Å². The van der Waals surface area contributed by atoms with E-state index in [4.69, 9.17) is 0 Å². The molecular weight excluding hydrogens is 522 g/mol. The second-order valence-electron chi connectivity index (χ2n) is 10.8. The molecule has 40 heavy (non-hydrogen) atoms. The molecule has 3 aromatic carbocycles. The SMILES string of the molecule is Cc1ccc(N(CC(=O)N(Cc2ccccc2C)[C@@H](C)C(=O)NC2CCCC2)S(=O)(=O)c2ccc(C)cc2)cc1. The Balaban J connectivity index is 1.69. The van der Waals surface area contributed by atoms with Gasteiger partial charge < -0.3 is 10.2 Å². The van der Waals surface area contributed by atoms with Gasteiger partial charge in [-0.25, -0.2) is 8.42 Å². The molecule has 1 aliphatic rings. The van der Waals surface area contributed by atoms with Crippen molar-refractivity contribution >= 4 is 27.5 Å². The van der Waals surface area contributed by atoms with Crippen molar-refractivity contribution in [2.75, 3.05) is 10.8 Å². The van der Waals surface area contributed by atoms with Crippen molar-refractivity contribution in [2.45, 2.75) is 76.9 Å². The summed E-state index contributed by atoms with van der Waals surface area (Å²) in [6.07, 6.45) is 4.02. The molecule has 3 aromatic rings. The van der Waals surface area contributed by atoms with Crippen LogP contribution in [-0.4, -0.2) is 43.8 Å². The van der Waals surface area contributed by atoms with E-state index < -0.39 is 28.5 Å². The molecule has 212 valence electrons. The van der Waals surface area contributed by atoms with E-state index in [2.05, 4.69) is 5.32 Å². The Morgan fingerprint density at radius 2 is 1.45 bits per heavy atom. The summed E-state index contributed by atoms with van der Waals surface area (Å²) in [5.41, 5.74) is 4.19. The Morgan fingerprint density at radius 1 is 0.875 bits per heavy atom. The first kappa shape index (κ1) is 29.3. The number of rotatable bonds is 10. The average molecular weight is 562 g/mol. The van der Waals surface area contributed by atoms with Crippen LogP contribution in [0, 0.1) is 20.8 Å². The number of anilines is 1. The fraction of sp³-hybridized carbons (Fsp3) is 0.375. The van der Waals surface area contributed by atoms with Crippen LogP contribution in [0.3, 0.4) is 0 Å². The highest BCUT2D eigenvalue weighted by atomic mass is 32.2. The second-order valence-corrected chi connectivity index (χ2v) is 12.6. The van der Waals surface area contributed by atoms with Gasteiger partial charge in [-0.2, -0.15) is 0 Å². The second kappa shape index (κ2) is 12.7. The number of carbonyl (C=O) groups is 2. The molecule has 8 heteroatoms. The third kappa shape index (κ3) is 6.91. The van der Waals surface area contributed by atoms with Gasteiger partial charge >= 0.3 is 0 Å². The molecule has 0 unspecified atom stereocenters. The number of hydrogen-bond acceptors (Lipinski definition) is 4. The molecule has 0 heterocycles. The van der Waals surface area contributed by atoms with Crippen LogP contribution in [-0.2, 0) is 26.2 Å². The quantitative estimate of drug-likeness (QED) is 0.365. The zero-order chi connectivity index (χ0) is 28.9. The van der Waals surface area contributed by atoms with Crippen LogP contribution < -0.4 is 9.62 Å². The van der Waals surface area contributed by atoms with Gasteiger partial charge in [0.2, 0.25) is 11.8 Å². The molecule has 1 aliphatic carbocycles. The van der Waals surface area contributed by atoms with Crippen LogP contribution in [0.2, 0.25) is 0 Å². The summed E-state index contributed by atoms with van der Waals surface area (Å²) in [5.74, 6) is -0.675. The summed E-state index contributed by atoms with van der Waals surface area (Å²) in [5, 5.41) is 3.10. The van der Waals surface area contributed by atoms with Gasteiger partial charge in [0.1, 0.15) is 12.6 Å². The summed E-state index contributed by atoms with van der Waals surface area (Å²) in [7, 11) is -4.07. The van der Waals surface area contributed by atoms with Crippen LogP contribution in [0.25, 0.3) is 0 Å². The lowest BCUT2D eigenvalue weighted by molar-refractivity contribution is -0.139. The maximum atomic E-state index is 14.1. The standard InChI is InChI=1S/C32H39N3O4S/c1-23-13-17-29(18-14-23)35(40(38,39)30-19-15-24(2)16-20-30)22-31(36)34(21-27-10-6-5-9-25(27)3)26(4)32(37)33-28-11-7-8-12-28/h5-6,9-10,13-20,26,28H,7-8,11-12,21-22H2,1-4H3,(H,33,37)/t26-/m0/s1. The van der Waals surface area contributed by atoms with Crippen LogP contribution >= 0.6 is 0 Å². The summed E-state index contributed by atoms with van der Waals surface area (Å²) in [6, 6.07) is 20.7. The molecule has 0 aliphatic heterocycles. The monoisotopic (exact) mass is 561 g/mol. The average Bonchev–Trinajstić information content (AvgIpc) is 3.44. The molecule has 1 saturated carbocycles. The minimum absolute atomic E-state index is 0.101. The van der Waals surface area contributed by atoms with Gasteiger partial charge in [-0.1, -0.05) is 72.5 Å². The van der Waals surface area contributed by atoms with Crippen molar-refractivity contribution in [3.63, 3.8) is 0 Å². The maximum absolute atomic E-state index is 14.1. The van der Waals surface area contributed by atoms with Gasteiger partial charge in [0.15, 0.2) is 0 Å². The van der Waals surface area contributed by atoms with Crippen LogP contribution in [0.15, 0.2) is 77.7 Å². The van der Waals surface area contributed by atoms with Gasteiger partial charge in [0.05, 0.1) is 10.6 Å². The first-order chi connectivity index (χ1) is 19.1. The first-order valence-electron chi connectivity index (χ1n) is 13.9. The molecule has 0 bridgehead atoms. The van der Waals surface area contributed by atoms with Gasteiger partial charge in [-0.05, 0) is 75.9 Å². The fourth-order valence-corrected chi connectivity index (χ4v) is 6.44. The zero-order valence-corrected chi connectivity index (χ0v) is 24.6. The highest BCUT2D eigenvalue weighted by Gasteiger charge is 2.33. The van der Waals surface area contributed by atoms with E-state index in [1.54, 1.807) is 43.3 Å². The minimum atomic E-state index is -4.07. The Bertz CT molecular complexity index is 1430. The van der Waals surface area contributed by atoms with Gasteiger partial charge in [-0.3, -0.25) is 13.9 Å². The largest absolute Gasteiger partial charge is 0.352 e. The summed E-state index contributed by atoms with van der Waals surface area (Å²) >= 11 is 0. The molecule has 0 saturated heterocycles. The zero-order valence-electron chi connectivity index (χ0n) is 23.8. The van der Waals surface area contributed by atoms with E-state index >= 15 is 0 Å². The number of hydrogen-bond donors (Lipinski definition) is 1. The predicted molar refractivity (Wildman–Crippen MR) is 158 cm³/mol. The van der Waals surface area contributed by atoms with E-state index in [-0.39, 0.29) is 23.4 Å². The number of aryl methyl sites for hydroxylation is 3. The number of sulfonamides is 1. The first-order valence-corrected chi connectivity index (χ1v) is 15.3. The molecular formula is C32H39N3O4S. The molecule has 0 radical (unpaired) electrons. The lowest BCUT2D eigenvalue weighted by Gasteiger charge is -2.33. The molecule has 0 aromatic heterocycles. The van der Waals surface area contributed by atoms with Crippen molar-refractivity contribution in [1.29, 1.82) is 0 Å². The number of nitrogens with one attached hydrogen (secondary N) is 1.